The third-order valence-electron chi connectivity index (χ3n) is 2.16. The van der Waals surface area contributed by atoms with E-state index in [-0.39, 0.29) is 11.6 Å². The van der Waals surface area contributed by atoms with Gasteiger partial charge in [-0.25, -0.2) is 9.78 Å². The van der Waals surface area contributed by atoms with Gasteiger partial charge in [0.15, 0.2) is 5.69 Å². The predicted octanol–water partition coefficient (Wildman–Crippen LogP) is 1.47. The van der Waals surface area contributed by atoms with Crippen molar-refractivity contribution in [2.24, 2.45) is 5.92 Å². The third-order valence-corrected chi connectivity index (χ3v) is 2.16. The van der Waals surface area contributed by atoms with Crippen molar-refractivity contribution in [2.75, 3.05) is 5.32 Å². The standard InChI is InChI=1S/C11H13N3O2/c1-7(2)10(11(15)16)14-8-4-3-5-13-9(8)6-12/h3-5,7,10,14H,1-2H3,(H,15,16). The van der Waals surface area contributed by atoms with Gasteiger partial charge in [0.25, 0.3) is 0 Å². The lowest BCUT2D eigenvalue weighted by atomic mass is 10.0. The number of carboxylic acids is 1. The van der Waals surface area contributed by atoms with E-state index >= 15 is 0 Å². The second-order valence-corrected chi connectivity index (χ2v) is 3.72. The first kappa shape index (κ1) is 12.0. The molecule has 1 aromatic heterocycles. The Labute approximate surface area is 93.7 Å². The molecule has 0 aliphatic carbocycles. The zero-order chi connectivity index (χ0) is 12.1. The number of hydrogen-bond donors (Lipinski definition) is 2. The Morgan fingerprint density at radius 3 is 2.81 bits per heavy atom. The van der Waals surface area contributed by atoms with Gasteiger partial charge in [0.05, 0.1) is 5.69 Å². The second kappa shape index (κ2) is 5.12. The SMILES string of the molecule is CC(C)C(Nc1cccnc1C#N)C(=O)O. The molecule has 2 N–H and O–H groups in total. The Balaban J connectivity index is 2.94. The Morgan fingerprint density at radius 1 is 1.62 bits per heavy atom. The number of hydrogen-bond acceptors (Lipinski definition) is 4. The van der Waals surface area contributed by atoms with E-state index < -0.39 is 12.0 Å². The Bertz CT molecular complexity index is 423. The zero-order valence-electron chi connectivity index (χ0n) is 9.14. The van der Waals surface area contributed by atoms with E-state index in [1.54, 1.807) is 26.0 Å². The summed E-state index contributed by atoms with van der Waals surface area (Å²) in [5, 5.41) is 20.6. The number of nitriles is 1. The van der Waals surface area contributed by atoms with E-state index in [1.807, 2.05) is 6.07 Å². The maximum atomic E-state index is 11.0. The summed E-state index contributed by atoms with van der Waals surface area (Å²) in [5.41, 5.74) is 0.653. The number of rotatable bonds is 4. The molecule has 0 amide bonds. The van der Waals surface area contributed by atoms with Crippen molar-refractivity contribution in [2.45, 2.75) is 19.9 Å². The summed E-state index contributed by atoms with van der Waals surface area (Å²) in [7, 11) is 0. The summed E-state index contributed by atoms with van der Waals surface area (Å²) >= 11 is 0. The molecule has 1 unspecified atom stereocenters. The van der Waals surface area contributed by atoms with Crippen LogP contribution >= 0.6 is 0 Å². The molecular formula is C11H13N3O2. The molecule has 0 spiro atoms. The lowest BCUT2D eigenvalue weighted by Gasteiger charge is -2.19. The van der Waals surface area contributed by atoms with Gasteiger partial charge in [0.2, 0.25) is 0 Å². The summed E-state index contributed by atoms with van der Waals surface area (Å²) in [5.74, 6) is -1.02. The quantitative estimate of drug-likeness (QED) is 0.800. The van der Waals surface area contributed by atoms with Crippen LogP contribution in [0.3, 0.4) is 0 Å². The molecule has 1 heterocycles. The number of anilines is 1. The van der Waals surface area contributed by atoms with Crippen LogP contribution in [0.5, 0.6) is 0 Å². The van der Waals surface area contributed by atoms with E-state index in [9.17, 15) is 4.79 Å². The van der Waals surface area contributed by atoms with Gasteiger partial charge in [0.1, 0.15) is 12.1 Å². The minimum atomic E-state index is -0.942. The van der Waals surface area contributed by atoms with E-state index in [1.165, 1.54) is 6.20 Å². The molecule has 84 valence electrons. The minimum Gasteiger partial charge on any atom is -0.480 e. The molecule has 1 rings (SSSR count). The number of nitrogens with zero attached hydrogens (tertiary/aromatic N) is 2. The van der Waals surface area contributed by atoms with Crippen LogP contribution in [0, 0.1) is 17.2 Å². The number of nitrogens with one attached hydrogen (secondary N) is 1. The molecule has 0 saturated heterocycles. The normalized spacial score (nSPS) is 11.9. The summed E-state index contributed by atoms with van der Waals surface area (Å²) in [6, 6.07) is 4.48. The van der Waals surface area contributed by atoms with Gasteiger partial charge in [-0.1, -0.05) is 13.8 Å². The van der Waals surface area contributed by atoms with Crippen molar-refractivity contribution in [1.82, 2.24) is 4.98 Å². The lowest BCUT2D eigenvalue weighted by Crippen LogP contribution is -2.34. The van der Waals surface area contributed by atoms with Crippen LogP contribution in [0.15, 0.2) is 18.3 Å². The Hall–Kier alpha value is -2.09. The van der Waals surface area contributed by atoms with Crippen molar-refractivity contribution in [3.8, 4) is 6.07 Å². The molecule has 5 heteroatoms. The fourth-order valence-electron chi connectivity index (χ4n) is 1.29. The first-order chi connectivity index (χ1) is 7.56. The topological polar surface area (TPSA) is 86.0 Å². The molecule has 1 aromatic rings. The average molecular weight is 219 g/mol. The molecule has 0 aromatic carbocycles. The largest absolute Gasteiger partial charge is 0.480 e. The first-order valence-electron chi connectivity index (χ1n) is 4.90. The van der Waals surface area contributed by atoms with Gasteiger partial charge in [-0.2, -0.15) is 5.26 Å². The van der Waals surface area contributed by atoms with E-state index in [4.69, 9.17) is 10.4 Å². The molecule has 1 atom stereocenters. The van der Waals surface area contributed by atoms with Gasteiger partial charge >= 0.3 is 5.97 Å². The number of pyridine rings is 1. The molecule has 16 heavy (non-hydrogen) atoms. The molecule has 0 aliphatic rings. The monoisotopic (exact) mass is 219 g/mol. The molecule has 5 nitrogen and oxygen atoms in total. The van der Waals surface area contributed by atoms with E-state index in [0.717, 1.165) is 0 Å². The van der Waals surface area contributed by atoms with Crippen LogP contribution < -0.4 is 5.32 Å². The molecule has 0 radical (unpaired) electrons. The van der Waals surface area contributed by atoms with Gasteiger partial charge in [-0.3, -0.25) is 0 Å². The highest BCUT2D eigenvalue weighted by Crippen LogP contribution is 2.15. The third kappa shape index (κ3) is 2.70. The van der Waals surface area contributed by atoms with Crippen LogP contribution in [0.4, 0.5) is 5.69 Å². The second-order valence-electron chi connectivity index (χ2n) is 3.72. The van der Waals surface area contributed by atoms with Crippen molar-refractivity contribution < 1.29 is 9.90 Å². The van der Waals surface area contributed by atoms with Crippen molar-refractivity contribution in [1.29, 1.82) is 5.26 Å². The van der Waals surface area contributed by atoms with Crippen LogP contribution in [0.2, 0.25) is 0 Å². The van der Waals surface area contributed by atoms with Gasteiger partial charge in [-0.05, 0) is 18.1 Å². The molecule has 0 fully saturated rings. The first-order valence-corrected chi connectivity index (χ1v) is 4.90. The van der Waals surface area contributed by atoms with Crippen LogP contribution in [0.1, 0.15) is 19.5 Å². The summed E-state index contributed by atoms with van der Waals surface area (Å²) < 4.78 is 0. The average Bonchev–Trinajstić information content (AvgIpc) is 2.25. The maximum Gasteiger partial charge on any atom is 0.326 e. The Kier molecular flexibility index (Phi) is 3.84. The van der Waals surface area contributed by atoms with E-state index in [2.05, 4.69) is 10.3 Å². The van der Waals surface area contributed by atoms with Gasteiger partial charge < -0.3 is 10.4 Å². The smallest absolute Gasteiger partial charge is 0.326 e. The molecular weight excluding hydrogens is 206 g/mol. The van der Waals surface area contributed by atoms with Crippen molar-refractivity contribution in [3.05, 3.63) is 24.0 Å². The minimum absolute atomic E-state index is 0.0794. The summed E-state index contributed by atoms with van der Waals surface area (Å²) in [6.45, 7) is 3.60. The highest BCUT2D eigenvalue weighted by atomic mass is 16.4. The number of carboxylic acid groups (broad SMARTS) is 1. The lowest BCUT2D eigenvalue weighted by molar-refractivity contribution is -0.138. The van der Waals surface area contributed by atoms with Crippen molar-refractivity contribution in [3.63, 3.8) is 0 Å². The maximum absolute atomic E-state index is 11.0. The van der Waals surface area contributed by atoms with E-state index in [0.29, 0.717) is 5.69 Å². The van der Waals surface area contributed by atoms with Crippen LogP contribution in [-0.4, -0.2) is 22.1 Å². The zero-order valence-corrected chi connectivity index (χ0v) is 9.14. The fraction of sp³-hybridized carbons (Fsp3) is 0.364. The van der Waals surface area contributed by atoms with Crippen LogP contribution in [-0.2, 0) is 4.79 Å². The molecule has 0 saturated carbocycles. The predicted molar refractivity (Wildman–Crippen MR) is 58.8 cm³/mol. The number of aliphatic carboxylic acids is 1. The highest BCUT2D eigenvalue weighted by Gasteiger charge is 2.22. The Morgan fingerprint density at radius 2 is 2.31 bits per heavy atom. The fourth-order valence-corrected chi connectivity index (χ4v) is 1.29. The number of carbonyl (C=O) groups is 1. The summed E-state index contributed by atoms with van der Waals surface area (Å²) in [4.78, 5) is 14.8. The van der Waals surface area contributed by atoms with Crippen molar-refractivity contribution >= 4 is 11.7 Å². The molecule has 0 aliphatic heterocycles. The highest BCUT2D eigenvalue weighted by molar-refractivity contribution is 5.78. The van der Waals surface area contributed by atoms with Gasteiger partial charge in [0, 0.05) is 6.20 Å². The molecule has 0 bridgehead atoms. The van der Waals surface area contributed by atoms with Gasteiger partial charge in [-0.15, -0.1) is 0 Å². The van der Waals surface area contributed by atoms with Crippen LogP contribution in [0.25, 0.3) is 0 Å². The number of aromatic nitrogens is 1. The summed E-state index contributed by atoms with van der Waals surface area (Å²) in [6.07, 6.45) is 1.49.